The van der Waals surface area contributed by atoms with Crippen LogP contribution < -0.4 is 5.73 Å². The largest absolute Gasteiger partial charge is 0.507 e. The highest BCUT2D eigenvalue weighted by Crippen LogP contribution is 2.49. The number of phenolic OH excluding ortho intramolecular Hbond substituents is 1. The van der Waals surface area contributed by atoms with Gasteiger partial charge in [-0.3, -0.25) is 4.90 Å². The second-order valence-electron chi connectivity index (χ2n) is 7.58. The van der Waals surface area contributed by atoms with E-state index in [1.807, 2.05) is 0 Å². The predicted molar refractivity (Wildman–Crippen MR) is 114 cm³/mol. The van der Waals surface area contributed by atoms with E-state index in [0.717, 1.165) is 40.8 Å². The van der Waals surface area contributed by atoms with Gasteiger partial charge in [0.05, 0.1) is 10.4 Å². The Morgan fingerprint density at radius 3 is 2.44 bits per heavy atom. The van der Waals surface area contributed by atoms with Crippen LogP contribution in [0.25, 0.3) is 21.5 Å². The predicted octanol–water partition coefficient (Wildman–Crippen LogP) is 5.47. The Morgan fingerprint density at radius 1 is 1.00 bits per heavy atom. The number of anilines is 1. The highest BCUT2D eigenvalue weighted by atomic mass is 32.1. The van der Waals surface area contributed by atoms with E-state index >= 15 is 0 Å². The summed E-state index contributed by atoms with van der Waals surface area (Å²) in [6, 6.07) is 14.9. The lowest BCUT2D eigenvalue weighted by atomic mass is 9.91. The van der Waals surface area contributed by atoms with Crippen molar-refractivity contribution in [3.05, 3.63) is 69.6 Å². The summed E-state index contributed by atoms with van der Waals surface area (Å²) in [5.74, 6) is 0.336. The lowest BCUT2D eigenvalue weighted by Crippen LogP contribution is -2.25. The van der Waals surface area contributed by atoms with Gasteiger partial charge in [0, 0.05) is 35.3 Å². The number of aromatic hydroxyl groups is 1. The van der Waals surface area contributed by atoms with Gasteiger partial charge in [-0.2, -0.15) is 0 Å². The normalized spacial score (nSPS) is 14.3. The van der Waals surface area contributed by atoms with Crippen LogP contribution in [0.2, 0.25) is 0 Å². The highest BCUT2D eigenvalue weighted by Gasteiger charge is 2.27. The second-order valence-corrected chi connectivity index (χ2v) is 8.72. The number of nitrogen functional groups attached to an aromatic ring is 1. The Labute approximate surface area is 162 Å². The molecule has 4 aromatic rings. The van der Waals surface area contributed by atoms with E-state index < -0.39 is 0 Å². The maximum atomic E-state index is 11.0. The van der Waals surface area contributed by atoms with Gasteiger partial charge in [-0.25, -0.2) is 0 Å². The maximum Gasteiger partial charge on any atom is 0.134 e. The molecule has 27 heavy (non-hydrogen) atoms. The molecular formula is C23H22N2OS. The van der Waals surface area contributed by atoms with Crippen molar-refractivity contribution in [3.8, 4) is 5.75 Å². The smallest absolute Gasteiger partial charge is 0.134 e. The molecule has 0 fully saturated rings. The number of aryl methyl sites for hydroxylation is 2. The monoisotopic (exact) mass is 374 g/mol. The van der Waals surface area contributed by atoms with Crippen molar-refractivity contribution in [3.63, 3.8) is 0 Å². The number of fused-ring (bicyclic) bond motifs is 2. The van der Waals surface area contributed by atoms with E-state index in [1.54, 1.807) is 11.3 Å². The molecule has 0 saturated heterocycles. The quantitative estimate of drug-likeness (QED) is 0.489. The Bertz CT molecular complexity index is 1190. The number of benzene rings is 3. The fourth-order valence-electron chi connectivity index (χ4n) is 4.29. The molecule has 0 saturated carbocycles. The molecule has 2 heterocycles. The molecule has 3 aromatic carbocycles. The third-order valence-corrected chi connectivity index (χ3v) is 6.76. The third kappa shape index (κ3) is 2.52. The lowest BCUT2D eigenvalue weighted by molar-refractivity contribution is 0.247. The van der Waals surface area contributed by atoms with Crippen molar-refractivity contribution in [2.45, 2.75) is 33.5 Å². The van der Waals surface area contributed by atoms with Crippen LogP contribution >= 0.6 is 11.3 Å². The van der Waals surface area contributed by atoms with Crippen LogP contribution in [0.15, 0.2) is 42.5 Å². The van der Waals surface area contributed by atoms with Gasteiger partial charge in [-0.05, 0) is 47.6 Å². The Morgan fingerprint density at radius 2 is 1.70 bits per heavy atom. The second kappa shape index (κ2) is 5.98. The molecule has 0 spiro atoms. The summed E-state index contributed by atoms with van der Waals surface area (Å²) in [6.07, 6.45) is 0. The summed E-state index contributed by atoms with van der Waals surface area (Å²) in [4.78, 5) is 3.73. The third-order valence-electron chi connectivity index (χ3n) is 5.76. The van der Waals surface area contributed by atoms with E-state index in [9.17, 15) is 5.11 Å². The minimum Gasteiger partial charge on any atom is -0.507 e. The summed E-state index contributed by atoms with van der Waals surface area (Å²) >= 11 is 1.62. The first kappa shape index (κ1) is 16.6. The number of thiophene rings is 1. The Balaban J connectivity index is 1.73. The zero-order valence-corrected chi connectivity index (χ0v) is 16.4. The fourth-order valence-corrected chi connectivity index (χ4v) is 5.44. The SMILES string of the molecule is Cc1cc2c(O)c3c(N)sc4c3c(c2cc1C)CN(Cc1ccccc1)C4. The number of rotatable bonds is 2. The molecule has 3 N–H and O–H groups in total. The molecule has 0 bridgehead atoms. The van der Waals surface area contributed by atoms with Crippen molar-refractivity contribution in [2.75, 3.05) is 5.73 Å². The van der Waals surface area contributed by atoms with Crippen LogP contribution in [0.3, 0.4) is 0 Å². The maximum absolute atomic E-state index is 11.0. The molecule has 5 rings (SSSR count). The molecule has 0 atom stereocenters. The molecule has 4 heteroatoms. The van der Waals surface area contributed by atoms with Gasteiger partial charge < -0.3 is 10.8 Å². The van der Waals surface area contributed by atoms with Gasteiger partial charge in [0.15, 0.2) is 0 Å². The van der Waals surface area contributed by atoms with E-state index in [-0.39, 0.29) is 0 Å². The van der Waals surface area contributed by atoms with Crippen LogP contribution in [0, 0.1) is 13.8 Å². The number of hydrogen-bond acceptors (Lipinski definition) is 4. The number of nitrogens with zero attached hydrogens (tertiary/aromatic N) is 1. The summed E-state index contributed by atoms with van der Waals surface area (Å²) in [5, 5.41) is 15.8. The van der Waals surface area contributed by atoms with E-state index in [1.165, 1.54) is 32.5 Å². The van der Waals surface area contributed by atoms with E-state index in [0.29, 0.717) is 5.75 Å². The van der Waals surface area contributed by atoms with Crippen LogP contribution in [0.1, 0.15) is 27.1 Å². The molecule has 1 aromatic heterocycles. The summed E-state index contributed by atoms with van der Waals surface area (Å²) in [5.41, 5.74) is 11.4. The summed E-state index contributed by atoms with van der Waals surface area (Å²) in [6.45, 7) is 6.88. The van der Waals surface area contributed by atoms with Crippen LogP contribution in [-0.2, 0) is 19.6 Å². The Kier molecular flexibility index (Phi) is 3.67. The first-order chi connectivity index (χ1) is 13.0. The zero-order chi connectivity index (χ0) is 18.7. The standard InChI is InChI=1S/C23H22N2OS/c1-13-8-16-17(9-14(13)2)22(26)21-20-18(16)11-25(12-19(20)27-23(21)24)10-15-6-4-3-5-7-15/h3-9,26H,10-12,24H2,1-2H3. The van der Waals surface area contributed by atoms with Gasteiger partial charge in [0.25, 0.3) is 0 Å². The van der Waals surface area contributed by atoms with Crippen LogP contribution in [-0.4, -0.2) is 10.0 Å². The van der Waals surface area contributed by atoms with Gasteiger partial charge in [0.1, 0.15) is 5.75 Å². The molecule has 0 amide bonds. The van der Waals surface area contributed by atoms with Crippen molar-refractivity contribution in [1.82, 2.24) is 4.90 Å². The van der Waals surface area contributed by atoms with Crippen molar-refractivity contribution in [1.29, 1.82) is 0 Å². The number of nitrogens with two attached hydrogens (primary N) is 1. The molecule has 0 radical (unpaired) electrons. The zero-order valence-electron chi connectivity index (χ0n) is 15.5. The number of phenols is 1. The number of hydrogen-bond donors (Lipinski definition) is 2. The van der Waals surface area contributed by atoms with Crippen molar-refractivity contribution < 1.29 is 5.11 Å². The van der Waals surface area contributed by atoms with Crippen LogP contribution in [0.4, 0.5) is 5.00 Å². The average molecular weight is 375 g/mol. The molecule has 1 aliphatic heterocycles. The van der Waals surface area contributed by atoms with E-state index in [2.05, 4.69) is 61.2 Å². The first-order valence-corrected chi connectivity index (χ1v) is 10.1. The van der Waals surface area contributed by atoms with Gasteiger partial charge in [-0.15, -0.1) is 11.3 Å². The minimum absolute atomic E-state index is 0.336. The molecule has 136 valence electrons. The molecular weight excluding hydrogens is 352 g/mol. The minimum atomic E-state index is 0.336. The molecule has 0 unspecified atom stereocenters. The van der Waals surface area contributed by atoms with Gasteiger partial charge in [-0.1, -0.05) is 36.4 Å². The summed E-state index contributed by atoms with van der Waals surface area (Å²) < 4.78 is 0. The van der Waals surface area contributed by atoms with Crippen molar-refractivity contribution >= 4 is 37.9 Å². The fraction of sp³-hybridized carbons (Fsp3) is 0.217. The van der Waals surface area contributed by atoms with Crippen molar-refractivity contribution in [2.24, 2.45) is 0 Å². The van der Waals surface area contributed by atoms with E-state index in [4.69, 9.17) is 5.73 Å². The highest BCUT2D eigenvalue weighted by molar-refractivity contribution is 7.18. The summed E-state index contributed by atoms with van der Waals surface area (Å²) in [7, 11) is 0. The Hall–Kier alpha value is -2.56. The first-order valence-electron chi connectivity index (χ1n) is 9.25. The molecule has 0 aliphatic carbocycles. The molecule has 1 aliphatic rings. The van der Waals surface area contributed by atoms with Crippen LogP contribution in [0.5, 0.6) is 5.75 Å². The average Bonchev–Trinajstić information content (AvgIpc) is 2.98. The topological polar surface area (TPSA) is 49.5 Å². The van der Waals surface area contributed by atoms with Gasteiger partial charge in [0.2, 0.25) is 0 Å². The van der Waals surface area contributed by atoms with Gasteiger partial charge >= 0.3 is 0 Å². The lowest BCUT2D eigenvalue weighted by Gasteiger charge is -2.28. The molecule has 3 nitrogen and oxygen atoms in total.